The fraction of sp³-hybridized carbons (Fsp3) is 0.448. The Morgan fingerprint density at radius 3 is 2.45 bits per heavy atom. The molecule has 3 aromatic rings. The fourth-order valence-corrected chi connectivity index (χ4v) is 6.41. The molecule has 3 heterocycles. The van der Waals surface area contributed by atoms with E-state index >= 15 is 0 Å². The monoisotopic (exact) mass is 597 g/mol. The lowest BCUT2D eigenvalue weighted by molar-refractivity contribution is -0.139. The van der Waals surface area contributed by atoms with Crippen molar-refractivity contribution in [2.24, 2.45) is 0 Å². The first-order valence-corrected chi connectivity index (χ1v) is 14.9. The van der Waals surface area contributed by atoms with E-state index in [9.17, 15) is 9.59 Å². The summed E-state index contributed by atoms with van der Waals surface area (Å²) in [5.41, 5.74) is 1.48. The highest BCUT2D eigenvalue weighted by Gasteiger charge is 2.36. The molecule has 2 N–H and O–H groups in total. The number of benzene rings is 1. The molecule has 1 aliphatic carbocycles. The molecule has 12 nitrogen and oxygen atoms in total. The number of furan rings is 1. The number of amides is 2. The normalized spacial score (nSPS) is 17.4. The standard InChI is InChI=1S/C29H35N5O7S/c1-5-40-27(35)23-19(30-28(36)31-24(23)20-12-9-13-41-20)16-42-29-33-32-26(34(29)18-10-7-6-8-11-18)17-14-21(37-2)25(39-4)22(15-17)38-3/h9,12-15,18,24H,5-8,10-11,16H2,1-4H3,(H2,30,31,36). The van der Waals surface area contributed by atoms with E-state index in [1.54, 1.807) is 40.4 Å². The van der Waals surface area contributed by atoms with Crippen molar-refractivity contribution in [3.05, 3.63) is 47.6 Å². The SMILES string of the molecule is CCOC(=O)C1=C(CSc2nnc(-c3cc(OC)c(OC)c(OC)c3)n2C2CCCCC2)NC(=O)NC1c1ccco1. The molecule has 1 fully saturated rings. The third-order valence-electron chi connectivity index (χ3n) is 7.35. The van der Waals surface area contributed by atoms with E-state index in [-0.39, 0.29) is 24.0 Å². The number of hydrogen-bond donors (Lipinski definition) is 2. The summed E-state index contributed by atoms with van der Waals surface area (Å²) in [4.78, 5) is 25.8. The van der Waals surface area contributed by atoms with E-state index in [4.69, 9.17) is 23.4 Å². The number of nitrogens with one attached hydrogen (secondary N) is 2. The number of esters is 1. The molecule has 2 aliphatic rings. The van der Waals surface area contributed by atoms with Gasteiger partial charge < -0.3 is 34.0 Å². The Morgan fingerprint density at radius 2 is 1.83 bits per heavy atom. The first kappa shape index (κ1) is 29.4. The molecule has 2 aromatic heterocycles. The van der Waals surface area contributed by atoms with Gasteiger partial charge in [0.1, 0.15) is 11.8 Å². The van der Waals surface area contributed by atoms with Crippen LogP contribution in [0.1, 0.15) is 56.9 Å². The van der Waals surface area contributed by atoms with Gasteiger partial charge >= 0.3 is 12.0 Å². The highest BCUT2D eigenvalue weighted by molar-refractivity contribution is 7.99. The second-order valence-corrected chi connectivity index (χ2v) is 10.8. The van der Waals surface area contributed by atoms with Gasteiger partial charge in [0, 0.05) is 23.1 Å². The lowest BCUT2D eigenvalue weighted by atomic mass is 9.95. The fourth-order valence-electron chi connectivity index (χ4n) is 5.44. The van der Waals surface area contributed by atoms with E-state index < -0.39 is 18.0 Å². The smallest absolute Gasteiger partial charge is 0.338 e. The third-order valence-corrected chi connectivity index (χ3v) is 8.32. The summed E-state index contributed by atoms with van der Waals surface area (Å²) in [5, 5.41) is 15.4. The zero-order valence-corrected chi connectivity index (χ0v) is 24.9. The number of thioether (sulfide) groups is 1. The van der Waals surface area contributed by atoms with E-state index in [1.165, 1.54) is 24.4 Å². The summed E-state index contributed by atoms with van der Waals surface area (Å²) >= 11 is 1.39. The Hall–Kier alpha value is -4.13. The van der Waals surface area contributed by atoms with Gasteiger partial charge in [0.15, 0.2) is 22.5 Å². The van der Waals surface area contributed by atoms with Crippen LogP contribution in [0.25, 0.3) is 11.4 Å². The van der Waals surface area contributed by atoms with Crippen molar-refractivity contribution >= 4 is 23.8 Å². The molecule has 0 bridgehead atoms. The highest BCUT2D eigenvalue weighted by Crippen LogP contribution is 2.43. The minimum Gasteiger partial charge on any atom is -0.493 e. The maximum absolute atomic E-state index is 13.1. The van der Waals surface area contributed by atoms with Gasteiger partial charge in [0.2, 0.25) is 5.75 Å². The van der Waals surface area contributed by atoms with Crippen LogP contribution in [0, 0.1) is 0 Å². The largest absolute Gasteiger partial charge is 0.493 e. The van der Waals surface area contributed by atoms with Gasteiger partial charge in [-0.15, -0.1) is 10.2 Å². The van der Waals surface area contributed by atoms with Gasteiger partial charge in [-0.25, -0.2) is 9.59 Å². The van der Waals surface area contributed by atoms with Crippen molar-refractivity contribution in [3.8, 4) is 28.6 Å². The van der Waals surface area contributed by atoms with Crippen molar-refractivity contribution < 1.29 is 33.0 Å². The number of methoxy groups -OCH3 is 3. The van der Waals surface area contributed by atoms with Gasteiger partial charge in [0.05, 0.1) is 39.8 Å². The summed E-state index contributed by atoms with van der Waals surface area (Å²) in [7, 11) is 4.72. The van der Waals surface area contributed by atoms with Gasteiger partial charge in [-0.1, -0.05) is 31.0 Å². The Kier molecular flexibility index (Phi) is 9.25. The van der Waals surface area contributed by atoms with E-state index in [1.807, 2.05) is 12.1 Å². The predicted octanol–water partition coefficient (Wildman–Crippen LogP) is 5.03. The summed E-state index contributed by atoms with van der Waals surface area (Å²) in [6.07, 6.45) is 6.86. The topological polar surface area (TPSA) is 139 Å². The van der Waals surface area contributed by atoms with Crippen molar-refractivity contribution in [3.63, 3.8) is 0 Å². The Morgan fingerprint density at radius 1 is 1.10 bits per heavy atom. The molecule has 1 unspecified atom stereocenters. The number of carbonyl (C=O) groups is 2. The maximum atomic E-state index is 13.1. The minimum absolute atomic E-state index is 0.183. The molecule has 0 spiro atoms. The second kappa shape index (κ2) is 13.2. The lowest BCUT2D eigenvalue weighted by Gasteiger charge is -2.28. The number of aromatic nitrogens is 3. The zero-order chi connectivity index (χ0) is 29.6. The van der Waals surface area contributed by atoms with Crippen molar-refractivity contribution in [1.29, 1.82) is 0 Å². The van der Waals surface area contributed by atoms with Crippen LogP contribution in [0.3, 0.4) is 0 Å². The Bertz CT molecular complexity index is 1420. The van der Waals surface area contributed by atoms with Crippen molar-refractivity contribution in [2.45, 2.75) is 56.3 Å². The Labute approximate surface area is 248 Å². The van der Waals surface area contributed by atoms with Crippen LogP contribution in [0.5, 0.6) is 17.2 Å². The molecule has 2 amide bonds. The number of urea groups is 1. The summed E-state index contributed by atoms with van der Waals surface area (Å²) in [6.45, 7) is 1.93. The van der Waals surface area contributed by atoms with Crippen LogP contribution < -0.4 is 24.8 Å². The van der Waals surface area contributed by atoms with E-state index in [2.05, 4.69) is 25.4 Å². The summed E-state index contributed by atoms with van der Waals surface area (Å²) in [5.74, 6) is 2.35. The maximum Gasteiger partial charge on any atom is 0.338 e. The molecule has 13 heteroatoms. The molecule has 1 atom stereocenters. The highest BCUT2D eigenvalue weighted by atomic mass is 32.2. The quantitative estimate of drug-likeness (QED) is 0.228. The first-order chi connectivity index (χ1) is 20.5. The summed E-state index contributed by atoms with van der Waals surface area (Å²) < 4.78 is 29.8. The molecule has 1 aliphatic heterocycles. The number of hydrogen-bond acceptors (Lipinski definition) is 10. The predicted molar refractivity (Wildman–Crippen MR) is 155 cm³/mol. The molecule has 224 valence electrons. The average molecular weight is 598 g/mol. The van der Waals surface area contributed by atoms with Crippen molar-refractivity contribution in [1.82, 2.24) is 25.4 Å². The van der Waals surface area contributed by atoms with Gasteiger partial charge in [0.25, 0.3) is 0 Å². The van der Waals surface area contributed by atoms with Crippen LogP contribution in [0.15, 0.2) is 51.4 Å². The molecular formula is C29H35N5O7S. The van der Waals surface area contributed by atoms with Crippen molar-refractivity contribution in [2.75, 3.05) is 33.7 Å². The summed E-state index contributed by atoms with van der Waals surface area (Å²) in [6, 6.07) is 6.11. The number of nitrogens with zero attached hydrogens (tertiary/aromatic N) is 3. The average Bonchev–Trinajstić information content (AvgIpc) is 3.70. The zero-order valence-electron chi connectivity index (χ0n) is 24.1. The molecule has 1 saturated carbocycles. The first-order valence-electron chi connectivity index (χ1n) is 13.9. The third kappa shape index (κ3) is 5.91. The van der Waals surface area contributed by atoms with E-state index in [0.717, 1.165) is 31.2 Å². The minimum atomic E-state index is -0.783. The molecule has 5 rings (SSSR count). The number of ether oxygens (including phenoxy) is 4. The lowest BCUT2D eigenvalue weighted by Crippen LogP contribution is -2.46. The van der Waals surface area contributed by atoms with Crippen LogP contribution in [0.2, 0.25) is 0 Å². The Balaban J connectivity index is 1.54. The number of rotatable bonds is 11. The van der Waals surface area contributed by atoms with Gasteiger partial charge in [-0.2, -0.15) is 0 Å². The molecule has 1 aromatic carbocycles. The molecule has 0 radical (unpaired) electrons. The van der Waals surface area contributed by atoms with Crippen LogP contribution >= 0.6 is 11.8 Å². The second-order valence-electron chi connectivity index (χ2n) is 9.83. The van der Waals surface area contributed by atoms with Gasteiger partial charge in [-0.3, -0.25) is 4.57 Å². The van der Waals surface area contributed by atoms with Crippen LogP contribution in [-0.4, -0.2) is 60.5 Å². The van der Waals surface area contributed by atoms with E-state index in [0.29, 0.717) is 39.7 Å². The molecule has 0 saturated heterocycles. The molecular weight excluding hydrogens is 562 g/mol. The van der Waals surface area contributed by atoms with Crippen LogP contribution in [0.4, 0.5) is 4.79 Å². The molecule has 42 heavy (non-hydrogen) atoms. The number of carbonyl (C=O) groups excluding carboxylic acids is 2. The van der Waals surface area contributed by atoms with Gasteiger partial charge in [-0.05, 0) is 44.0 Å². The van der Waals surface area contributed by atoms with Crippen LogP contribution in [-0.2, 0) is 9.53 Å².